The molecular formula is C12H14O2. The molecule has 2 nitrogen and oxygen atoms in total. The van der Waals surface area contributed by atoms with Gasteiger partial charge >= 0.3 is 0 Å². The van der Waals surface area contributed by atoms with E-state index in [2.05, 4.69) is 0 Å². The van der Waals surface area contributed by atoms with Crippen molar-refractivity contribution in [3.8, 4) is 0 Å². The Balaban J connectivity index is 2.17. The molecule has 0 aliphatic carbocycles. The molecular weight excluding hydrogens is 176 g/mol. The van der Waals surface area contributed by atoms with E-state index in [-0.39, 0.29) is 11.7 Å². The molecule has 2 rings (SSSR count). The third kappa shape index (κ3) is 2.03. The molecule has 0 spiro atoms. The lowest BCUT2D eigenvalue weighted by Crippen LogP contribution is -2.26. The predicted molar refractivity (Wildman–Crippen MR) is 54.6 cm³/mol. The maximum absolute atomic E-state index is 5.29. The maximum atomic E-state index is 5.29. The first-order valence-corrected chi connectivity index (χ1v) is 4.76. The molecule has 0 fully saturated rings. The van der Waals surface area contributed by atoms with E-state index in [4.69, 9.17) is 9.78 Å². The van der Waals surface area contributed by atoms with Crippen molar-refractivity contribution in [1.82, 2.24) is 0 Å². The SMILES string of the molecule is CC1(C)C=C[C@@H](c2ccccc2)OO1. The standard InChI is InChI=1S/C12H14O2/c1-12(2)9-8-11(13-14-12)10-6-4-3-5-7-10/h3-9,11H,1-2H3/t11-/m0/s1. The van der Waals surface area contributed by atoms with E-state index in [0.29, 0.717) is 0 Å². The summed E-state index contributed by atoms with van der Waals surface area (Å²) in [6.45, 7) is 3.93. The van der Waals surface area contributed by atoms with Crippen LogP contribution in [-0.2, 0) is 9.78 Å². The third-order valence-corrected chi connectivity index (χ3v) is 2.17. The van der Waals surface area contributed by atoms with Gasteiger partial charge in [0.25, 0.3) is 0 Å². The van der Waals surface area contributed by atoms with Crippen molar-refractivity contribution < 1.29 is 9.78 Å². The van der Waals surface area contributed by atoms with Crippen molar-refractivity contribution in [2.24, 2.45) is 0 Å². The molecule has 0 saturated heterocycles. The van der Waals surface area contributed by atoms with Gasteiger partial charge in [-0.05, 0) is 25.5 Å². The summed E-state index contributed by atoms with van der Waals surface area (Å²) in [7, 11) is 0. The van der Waals surface area contributed by atoms with Crippen LogP contribution in [0.2, 0.25) is 0 Å². The minimum atomic E-state index is -0.314. The predicted octanol–water partition coefficient (Wildman–Crippen LogP) is 3.02. The summed E-state index contributed by atoms with van der Waals surface area (Å²) >= 11 is 0. The van der Waals surface area contributed by atoms with Crippen molar-refractivity contribution >= 4 is 0 Å². The molecule has 0 unspecified atom stereocenters. The largest absolute Gasteiger partial charge is 0.225 e. The normalized spacial score (nSPS) is 24.9. The number of rotatable bonds is 1. The van der Waals surface area contributed by atoms with Gasteiger partial charge in [0, 0.05) is 0 Å². The van der Waals surface area contributed by atoms with Gasteiger partial charge in [-0.25, -0.2) is 9.78 Å². The molecule has 0 bridgehead atoms. The molecule has 0 amide bonds. The van der Waals surface area contributed by atoms with E-state index < -0.39 is 0 Å². The van der Waals surface area contributed by atoms with Crippen molar-refractivity contribution in [2.45, 2.75) is 25.6 Å². The molecule has 1 aromatic rings. The molecule has 0 radical (unpaired) electrons. The summed E-state index contributed by atoms with van der Waals surface area (Å²) < 4.78 is 0. The molecule has 1 heterocycles. The van der Waals surface area contributed by atoms with Gasteiger partial charge in [0.1, 0.15) is 11.7 Å². The highest BCUT2D eigenvalue weighted by Crippen LogP contribution is 2.28. The number of benzene rings is 1. The first kappa shape index (κ1) is 9.44. The van der Waals surface area contributed by atoms with E-state index in [1.54, 1.807) is 0 Å². The first-order chi connectivity index (χ1) is 6.67. The van der Waals surface area contributed by atoms with E-state index in [1.807, 2.05) is 56.3 Å². The Hall–Kier alpha value is -1.12. The van der Waals surface area contributed by atoms with Gasteiger partial charge in [0.2, 0.25) is 0 Å². The Morgan fingerprint density at radius 1 is 1.14 bits per heavy atom. The second-order valence-electron chi connectivity index (χ2n) is 3.97. The molecule has 0 aromatic heterocycles. The lowest BCUT2D eigenvalue weighted by molar-refractivity contribution is -0.367. The van der Waals surface area contributed by atoms with Crippen molar-refractivity contribution in [1.29, 1.82) is 0 Å². The van der Waals surface area contributed by atoms with Crippen LogP contribution >= 0.6 is 0 Å². The van der Waals surface area contributed by atoms with Gasteiger partial charge in [-0.15, -0.1) is 0 Å². The van der Waals surface area contributed by atoms with Gasteiger partial charge in [-0.3, -0.25) is 0 Å². The van der Waals surface area contributed by atoms with Gasteiger partial charge in [-0.2, -0.15) is 0 Å². The smallest absolute Gasteiger partial charge is 0.136 e. The molecule has 14 heavy (non-hydrogen) atoms. The van der Waals surface area contributed by atoms with E-state index >= 15 is 0 Å². The average Bonchev–Trinajstić information content (AvgIpc) is 2.19. The van der Waals surface area contributed by atoms with Crippen molar-refractivity contribution in [2.75, 3.05) is 0 Å². The lowest BCUT2D eigenvalue weighted by atomic mass is 10.0. The monoisotopic (exact) mass is 190 g/mol. The average molecular weight is 190 g/mol. The van der Waals surface area contributed by atoms with Crippen LogP contribution in [0.25, 0.3) is 0 Å². The highest BCUT2D eigenvalue weighted by atomic mass is 17.2. The second-order valence-corrected chi connectivity index (χ2v) is 3.97. The minimum Gasteiger partial charge on any atom is -0.225 e. The van der Waals surface area contributed by atoms with Gasteiger partial charge in [-0.1, -0.05) is 36.4 Å². The van der Waals surface area contributed by atoms with E-state index in [1.165, 1.54) is 0 Å². The highest BCUT2D eigenvalue weighted by molar-refractivity contribution is 5.22. The Labute approximate surface area is 84.1 Å². The summed E-state index contributed by atoms with van der Waals surface area (Å²) in [4.78, 5) is 10.5. The first-order valence-electron chi connectivity index (χ1n) is 4.76. The van der Waals surface area contributed by atoms with Crippen LogP contribution < -0.4 is 0 Å². The maximum Gasteiger partial charge on any atom is 0.136 e. The zero-order valence-electron chi connectivity index (χ0n) is 8.44. The molecule has 1 atom stereocenters. The summed E-state index contributed by atoms with van der Waals surface area (Å²) in [5.41, 5.74) is 0.796. The number of hydrogen-bond acceptors (Lipinski definition) is 2. The van der Waals surface area contributed by atoms with Crippen LogP contribution in [0.5, 0.6) is 0 Å². The Kier molecular flexibility index (Phi) is 2.40. The Morgan fingerprint density at radius 3 is 2.43 bits per heavy atom. The Bertz CT molecular complexity index is 327. The molecule has 74 valence electrons. The van der Waals surface area contributed by atoms with Gasteiger partial charge < -0.3 is 0 Å². The summed E-state index contributed by atoms with van der Waals surface area (Å²) in [5.74, 6) is 0. The number of hydrogen-bond donors (Lipinski definition) is 0. The van der Waals surface area contributed by atoms with Crippen LogP contribution in [0.1, 0.15) is 25.5 Å². The van der Waals surface area contributed by atoms with E-state index in [0.717, 1.165) is 5.56 Å². The molecule has 1 aromatic carbocycles. The van der Waals surface area contributed by atoms with Crippen LogP contribution in [-0.4, -0.2) is 5.60 Å². The van der Waals surface area contributed by atoms with Crippen LogP contribution in [0.3, 0.4) is 0 Å². The topological polar surface area (TPSA) is 18.5 Å². The second kappa shape index (κ2) is 3.56. The van der Waals surface area contributed by atoms with Gasteiger partial charge in [0.15, 0.2) is 0 Å². The van der Waals surface area contributed by atoms with E-state index in [9.17, 15) is 0 Å². The van der Waals surface area contributed by atoms with Crippen LogP contribution in [0.4, 0.5) is 0 Å². The third-order valence-electron chi connectivity index (χ3n) is 2.17. The van der Waals surface area contributed by atoms with Crippen LogP contribution in [0, 0.1) is 0 Å². The molecule has 0 N–H and O–H groups in total. The molecule has 2 heteroatoms. The lowest BCUT2D eigenvalue weighted by Gasteiger charge is -2.27. The highest BCUT2D eigenvalue weighted by Gasteiger charge is 2.24. The fourth-order valence-corrected chi connectivity index (χ4v) is 1.36. The summed E-state index contributed by atoms with van der Waals surface area (Å²) in [6, 6.07) is 10.0. The molecule has 1 aliphatic rings. The fourth-order valence-electron chi connectivity index (χ4n) is 1.36. The zero-order chi connectivity index (χ0) is 10.0. The Morgan fingerprint density at radius 2 is 1.86 bits per heavy atom. The van der Waals surface area contributed by atoms with Crippen molar-refractivity contribution in [3.05, 3.63) is 48.0 Å². The molecule has 1 aliphatic heterocycles. The molecule has 0 saturated carbocycles. The van der Waals surface area contributed by atoms with Gasteiger partial charge in [0.05, 0.1) is 0 Å². The van der Waals surface area contributed by atoms with Crippen LogP contribution in [0.15, 0.2) is 42.5 Å². The quantitative estimate of drug-likeness (QED) is 0.500. The summed E-state index contributed by atoms with van der Waals surface area (Å²) in [6.07, 6.45) is 3.97. The minimum absolute atomic E-state index is 0.0794. The zero-order valence-corrected chi connectivity index (χ0v) is 8.44. The summed E-state index contributed by atoms with van der Waals surface area (Å²) in [5, 5.41) is 0. The fraction of sp³-hybridized carbons (Fsp3) is 0.333. The van der Waals surface area contributed by atoms with Crippen molar-refractivity contribution in [3.63, 3.8) is 0 Å².